The Labute approximate surface area is 142 Å². The Morgan fingerprint density at radius 2 is 2.17 bits per heavy atom. The summed E-state index contributed by atoms with van der Waals surface area (Å²) in [7, 11) is 1.60. The van der Waals surface area contributed by atoms with Crippen LogP contribution >= 0.6 is 11.3 Å². The van der Waals surface area contributed by atoms with Crippen molar-refractivity contribution in [3.8, 4) is 0 Å². The normalized spacial score (nSPS) is 11.0. The molecule has 3 aromatic rings. The van der Waals surface area contributed by atoms with Gasteiger partial charge in [-0.1, -0.05) is 12.1 Å². The lowest BCUT2D eigenvalue weighted by Gasteiger charge is -2.22. The smallest absolute Gasteiger partial charge is 0.408 e. The van der Waals surface area contributed by atoms with E-state index in [-0.39, 0.29) is 12.5 Å². The molecule has 0 unspecified atom stereocenters. The first kappa shape index (κ1) is 16.5. The first-order valence-corrected chi connectivity index (χ1v) is 8.49. The minimum Gasteiger partial charge on any atom is -0.408 e. The van der Waals surface area contributed by atoms with Gasteiger partial charge in [-0.25, -0.2) is 4.79 Å². The standard InChI is InChI=1S/C17H18N2O4S/c1-22-8-7-18(10-13-6-9-24-12-13)16(20)11-19-14-4-2-3-5-15(14)23-17(19)21/h2-6,9,12H,7-8,10-11H2,1H3. The van der Waals surface area contributed by atoms with Crippen molar-refractivity contribution in [1.82, 2.24) is 9.47 Å². The summed E-state index contributed by atoms with van der Waals surface area (Å²) in [5.74, 6) is -0.668. The van der Waals surface area contributed by atoms with Crippen molar-refractivity contribution >= 4 is 28.3 Å². The molecule has 0 aliphatic carbocycles. The number of oxazole rings is 1. The van der Waals surface area contributed by atoms with Crippen molar-refractivity contribution in [2.24, 2.45) is 0 Å². The van der Waals surface area contributed by atoms with Crippen LogP contribution in [0.4, 0.5) is 0 Å². The number of rotatable bonds is 7. The van der Waals surface area contributed by atoms with Crippen molar-refractivity contribution in [3.05, 3.63) is 57.2 Å². The number of hydrogen-bond acceptors (Lipinski definition) is 5. The predicted octanol–water partition coefficient (Wildman–Crippen LogP) is 2.33. The van der Waals surface area contributed by atoms with E-state index in [9.17, 15) is 9.59 Å². The zero-order valence-corrected chi connectivity index (χ0v) is 14.1. The molecule has 0 atom stereocenters. The number of thiophene rings is 1. The van der Waals surface area contributed by atoms with E-state index in [1.165, 1.54) is 4.57 Å². The molecule has 1 amide bonds. The van der Waals surface area contributed by atoms with Gasteiger partial charge >= 0.3 is 5.76 Å². The summed E-state index contributed by atoms with van der Waals surface area (Å²) in [6.45, 7) is 1.35. The zero-order valence-electron chi connectivity index (χ0n) is 13.3. The third-order valence-electron chi connectivity index (χ3n) is 3.74. The second kappa shape index (κ2) is 7.46. The van der Waals surface area contributed by atoms with Gasteiger partial charge in [-0.3, -0.25) is 9.36 Å². The highest BCUT2D eigenvalue weighted by atomic mass is 32.1. The van der Waals surface area contributed by atoms with Crippen molar-refractivity contribution in [2.45, 2.75) is 13.1 Å². The largest absolute Gasteiger partial charge is 0.420 e. The highest BCUT2D eigenvalue weighted by molar-refractivity contribution is 7.07. The van der Waals surface area contributed by atoms with E-state index in [0.29, 0.717) is 30.8 Å². The van der Waals surface area contributed by atoms with Crippen molar-refractivity contribution in [2.75, 3.05) is 20.3 Å². The van der Waals surface area contributed by atoms with Crippen LogP contribution in [0.1, 0.15) is 5.56 Å². The molecule has 0 saturated heterocycles. The fourth-order valence-corrected chi connectivity index (χ4v) is 3.16. The third-order valence-corrected chi connectivity index (χ3v) is 4.47. The van der Waals surface area contributed by atoms with Gasteiger partial charge in [0.05, 0.1) is 12.1 Å². The van der Waals surface area contributed by atoms with E-state index in [1.54, 1.807) is 41.5 Å². The van der Waals surface area contributed by atoms with Gasteiger partial charge < -0.3 is 14.1 Å². The molecule has 2 aromatic heterocycles. The van der Waals surface area contributed by atoms with Crippen LogP contribution in [0.2, 0.25) is 0 Å². The molecule has 6 nitrogen and oxygen atoms in total. The molecule has 24 heavy (non-hydrogen) atoms. The topological polar surface area (TPSA) is 64.7 Å². The zero-order chi connectivity index (χ0) is 16.9. The lowest BCUT2D eigenvalue weighted by molar-refractivity contribution is -0.133. The Bertz CT molecular complexity index is 866. The first-order chi connectivity index (χ1) is 11.7. The molecule has 7 heteroatoms. The van der Waals surface area contributed by atoms with Crippen LogP contribution in [-0.4, -0.2) is 35.6 Å². The van der Waals surface area contributed by atoms with E-state index >= 15 is 0 Å². The van der Waals surface area contributed by atoms with Crippen LogP contribution in [0, 0.1) is 0 Å². The van der Waals surface area contributed by atoms with Gasteiger partial charge in [-0.2, -0.15) is 11.3 Å². The van der Waals surface area contributed by atoms with Crippen LogP contribution in [0.15, 0.2) is 50.3 Å². The molecule has 1 aromatic carbocycles. The maximum Gasteiger partial charge on any atom is 0.420 e. The quantitative estimate of drug-likeness (QED) is 0.659. The first-order valence-electron chi connectivity index (χ1n) is 7.55. The van der Waals surface area contributed by atoms with Crippen LogP contribution in [-0.2, 0) is 22.6 Å². The van der Waals surface area contributed by atoms with Gasteiger partial charge in [-0.05, 0) is 34.5 Å². The van der Waals surface area contributed by atoms with E-state index in [2.05, 4.69) is 0 Å². The predicted molar refractivity (Wildman–Crippen MR) is 92.1 cm³/mol. The summed E-state index contributed by atoms with van der Waals surface area (Å²) >= 11 is 1.59. The molecule has 0 fully saturated rings. The van der Waals surface area contributed by atoms with E-state index < -0.39 is 5.76 Å². The second-order valence-electron chi connectivity index (χ2n) is 5.36. The molecule has 0 N–H and O–H groups in total. The van der Waals surface area contributed by atoms with Gasteiger partial charge in [-0.15, -0.1) is 0 Å². The van der Waals surface area contributed by atoms with Gasteiger partial charge in [0.1, 0.15) is 6.54 Å². The number of benzene rings is 1. The number of hydrogen-bond donors (Lipinski definition) is 0. The van der Waals surface area contributed by atoms with Crippen molar-refractivity contribution < 1.29 is 13.9 Å². The summed E-state index contributed by atoms with van der Waals surface area (Å²) in [6, 6.07) is 9.07. The number of amides is 1. The Morgan fingerprint density at radius 3 is 2.92 bits per heavy atom. The van der Waals surface area contributed by atoms with Crippen molar-refractivity contribution in [1.29, 1.82) is 0 Å². The lowest BCUT2D eigenvalue weighted by atomic mass is 10.3. The Hall–Kier alpha value is -2.38. The second-order valence-corrected chi connectivity index (χ2v) is 6.14. The summed E-state index contributed by atoms with van der Waals surface area (Å²) in [5, 5.41) is 3.98. The summed E-state index contributed by atoms with van der Waals surface area (Å²) in [6.07, 6.45) is 0. The monoisotopic (exact) mass is 346 g/mol. The number of aromatic nitrogens is 1. The Balaban J connectivity index is 1.81. The molecule has 2 heterocycles. The fourth-order valence-electron chi connectivity index (χ4n) is 2.50. The number of nitrogens with zero attached hydrogens (tertiary/aromatic N) is 2. The summed E-state index contributed by atoms with van der Waals surface area (Å²) < 4.78 is 11.6. The number of ether oxygens (including phenoxy) is 1. The number of carbonyl (C=O) groups excluding carboxylic acids is 1. The van der Waals surface area contributed by atoms with Crippen molar-refractivity contribution in [3.63, 3.8) is 0 Å². The Morgan fingerprint density at radius 1 is 1.33 bits per heavy atom. The van der Waals surface area contributed by atoms with Gasteiger partial charge in [0.15, 0.2) is 5.58 Å². The van der Waals surface area contributed by atoms with Gasteiger partial charge in [0, 0.05) is 20.2 Å². The molecular weight excluding hydrogens is 328 g/mol. The highest BCUT2D eigenvalue weighted by Gasteiger charge is 2.18. The van der Waals surface area contributed by atoms with Crippen LogP contribution < -0.4 is 5.76 Å². The molecule has 0 saturated carbocycles. The molecule has 0 aliphatic heterocycles. The molecule has 0 bridgehead atoms. The minimum atomic E-state index is -0.522. The van der Waals surface area contributed by atoms with E-state index in [4.69, 9.17) is 9.15 Å². The molecule has 0 radical (unpaired) electrons. The van der Waals surface area contributed by atoms with Crippen LogP contribution in [0.5, 0.6) is 0 Å². The number of methoxy groups -OCH3 is 1. The molecular formula is C17H18N2O4S. The average molecular weight is 346 g/mol. The summed E-state index contributed by atoms with van der Waals surface area (Å²) in [5.41, 5.74) is 2.17. The number of para-hydroxylation sites is 2. The molecule has 0 aliphatic rings. The van der Waals surface area contributed by atoms with E-state index in [0.717, 1.165) is 5.56 Å². The highest BCUT2D eigenvalue weighted by Crippen LogP contribution is 2.13. The minimum absolute atomic E-state index is 0.0519. The SMILES string of the molecule is COCCN(Cc1ccsc1)C(=O)Cn1c(=O)oc2ccccc21. The third kappa shape index (κ3) is 3.58. The number of fused-ring (bicyclic) bond motifs is 1. The van der Waals surface area contributed by atoms with Gasteiger partial charge in [0.25, 0.3) is 0 Å². The summed E-state index contributed by atoms with van der Waals surface area (Å²) in [4.78, 5) is 26.4. The Kier molecular flexibility index (Phi) is 5.12. The van der Waals surface area contributed by atoms with Gasteiger partial charge in [0.2, 0.25) is 5.91 Å². The lowest BCUT2D eigenvalue weighted by Crippen LogP contribution is -2.37. The molecule has 0 spiro atoms. The average Bonchev–Trinajstić information content (AvgIpc) is 3.20. The van der Waals surface area contributed by atoms with E-state index in [1.807, 2.05) is 22.9 Å². The number of carbonyl (C=O) groups is 1. The maximum absolute atomic E-state index is 12.7. The van der Waals surface area contributed by atoms with Crippen LogP contribution in [0.25, 0.3) is 11.1 Å². The molecule has 126 valence electrons. The molecule has 3 rings (SSSR count). The maximum atomic E-state index is 12.7. The fraction of sp³-hybridized carbons (Fsp3) is 0.294. The van der Waals surface area contributed by atoms with Crippen LogP contribution in [0.3, 0.4) is 0 Å².